The van der Waals surface area contributed by atoms with E-state index in [0.717, 1.165) is 0 Å². The Bertz CT molecular complexity index is 861. The van der Waals surface area contributed by atoms with Crippen LogP contribution in [0.3, 0.4) is 0 Å². The molecule has 0 spiro atoms. The molecule has 7 heteroatoms. The molecule has 2 aromatic carbocycles. The Morgan fingerprint density at radius 3 is 2.58 bits per heavy atom. The summed E-state index contributed by atoms with van der Waals surface area (Å²) in [7, 11) is 0. The van der Waals surface area contributed by atoms with Crippen LogP contribution >= 0.6 is 0 Å². The van der Waals surface area contributed by atoms with E-state index in [4.69, 9.17) is 10.00 Å². The fourth-order valence-electron chi connectivity index (χ4n) is 2.64. The summed E-state index contributed by atoms with van der Waals surface area (Å²) in [6, 6.07) is 14.6. The van der Waals surface area contributed by atoms with Gasteiger partial charge in [0, 0.05) is 5.92 Å². The Morgan fingerprint density at radius 1 is 1.15 bits per heavy atom. The zero-order chi connectivity index (χ0) is 18.5. The number of nitrogens with one attached hydrogen (secondary N) is 2. The molecule has 26 heavy (non-hydrogen) atoms. The zero-order valence-electron chi connectivity index (χ0n) is 13.7. The molecule has 0 aromatic heterocycles. The average molecular weight is 353 g/mol. The second kappa shape index (κ2) is 7.66. The van der Waals surface area contributed by atoms with Gasteiger partial charge in [-0.15, -0.1) is 0 Å². The predicted molar refractivity (Wildman–Crippen MR) is 90.2 cm³/mol. The number of rotatable bonds is 5. The summed E-state index contributed by atoms with van der Waals surface area (Å²) in [5.41, 5.74) is 5.61. The molecule has 3 rings (SSSR count). The highest BCUT2D eigenvalue weighted by Crippen LogP contribution is 2.48. The van der Waals surface area contributed by atoms with E-state index in [1.54, 1.807) is 42.5 Å². The summed E-state index contributed by atoms with van der Waals surface area (Å²) in [6.45, 7) is -0.284. The number of hydrogen-bond donors (Lipinski definition) is 2. The van der Waals surface area contributed by atoms with E-state index in [2.05, 4.69) is 10.9 Å². The van der Waals surface area contributed by atoms with Gasteiger partial charge in [-0.25, -0.2) is 4.39 Å². The Balaban J connectivity index is 1.41. The minimum absolute atomic E-state index is 0.164. The number of halogens is 1. The van der Waals surface area contributed by atoms with Gasteiger partial charge in [-0.1, -0.05) is 18.2 Å². The van der Waals surface area contributed by atoms with E-state index < -0.39 is 5.91 Å². The number of hydrazine groups is 1. The van der Waals surface area contributed by atoms with Crippen molar-refractivity contribution in [2.45, 2.75) is 12.3 Å². The summed E-state index contributed by atoms with van der Waals surface area (Å²) in [4.78, 5) is 23.8. The lowest BCUT2D eigenvalue weighted by atomic mass is 10.1. The molecule has 1 aliphatic rings. The van der Waals surface area contributed by atoms with Crippen molar-refractivity contribution < 1.29 is 18.7 Å². The Hall–Kier alpha value is -3.40. The van der Waals surface area contributed by atoms with E-state index in [9.17, 15) is 14.0 Å². The topological polar surface area (TPSA) is 91.2 Å². The van der Waals surface area contributed by atoms with E-state index in [-0.39, 0.29) is 30.2 Å². The maximum absolute atomic E-state index is 13.7. The molecule has 0 heterocycles. The van der Waals surface area contributed by atoms with E-state index in [1.165, 1.54) is 6.07 Å². The van der Waals surface area contributed by atoms with Crippen molar-refractivity contribution in [1.29, 1.82) is 5.26 Å². The van der Waals surface area contributed by atoms with Crippen LogP contribution in [0, 0.1) is 23.1 Å². The lowest BCUT2D eigenvalue weighted by Gasteiger charge is -2.09. The fourth-order valence-corrected chi connectivity index (χ4v) is 2.64. The largest absolute Gasteiger partial charge is 0.484 e. The molecule has 0 radical (unpaired) electrons. The third-order valence-corrected chi connectivity index (χ3v) is 4.11. The molecule has 0 saturated heterocycles. The molecule has 2 amide bonds. The Morgan fingerprint density at radius 2 is 1.88 bits per heavy atom. The summed E-state index contributed by atoms with van der Waals surface area (Å²) in [5, 5.41) is 8.71. The van der Waals surface area contributed by atoms with Gasteiger partial charge in [-0.2, -0.15) is 5.26 Å². The van der Waals surface area contributed by atoms with Gasteiger partial charge in [0.2, 0.25) is 5.91 Å². The van der Waals surface area contributed by atoms with Crippen LogP contribution in [-0.4, -0.2) is 18.4 Å². The molecular formula is C19H16FN3O3. The van der Waals surface area contributed by atoms with Crippen LogP contribution in [0.2, 0.25) is 0 Å². The first-order valence-corrected chi connectivity index (χ1v) is 8.04. The van der Waals surface area contributed by atoms with E-state index >= 15 is 0 Å². The number of nitrogens with zero attached hydrogens (tertiary/aromatic N) is 1. The highest BCUT2D eigenvalue weighted by Gasteiger charge is 2.45. The number of amides is 2. The van der Waals surface area contributed by atoms with Crippen molar-refractivity contribution in [2.75, 3.05) is 6.61 Å². The molecule has 1 saturated carbocycles. The second-order valence-corrected chi connectivity index (χ2v) is 5.93. The Labute approximate surface area is 149 Å². The van der Waals surface area contributed by atoms with Gasteiger partial charge in [0.15, 0.2) is 6.61 Å². The summed E-state index contributed by atoms with van der Waals surface area (Å²) in [6.07, 6.45) is 0.546. The van der Waals surface area contributed by atoms with Crippen molar-refractivity contribution in [3.63, 3.8) is 0 Å². The highest BCUT2D eigenvalue weighted by molar-refractivity contribution is 5.86. The van der Waals surface area contributed by atoms with Crippen LogP contribution in [0.1, 0.15) is 23.5 Å². The molecular weight excluding hydrogens is 337 g/mol. The molecule has 1 fully saturated rings. The fraction of sp³-hybridized carbons (Fsp3) is 0.211. The van der Waals surface area contributed by atoms with Crippen LogP contribution in [0.15, 0.2) is 48.5 Å². The number of benzene rings is 2. The lowest BCUT2D eigenvalue weighted by Crippen LogP contribution is -2.44. The SMILES string of the molecule is N#Cc1ccc(OCC(=O)NNC(=O)C2CC2c2ccccc2F)cc1. The third-order valence-electron chi connectivity index (χ3n) is 4.11. The van der Waals surface area contributed by atoms with E-state index in [0.29, 0.717) is 23.3 Å². The maximum Gasteiger partial charge on any atom is 0.276 e. The van der Waals surface area contributed by atoms with Crippen molar-refractivity contribution in [3.05, 3.63) is 65.5 Å². The standard InChI is InChI=1S/C19H16FN3O3/c20-17-4-2-1-3-14(17)15-9-16(15)19(25)23-22-18(24)11-26-13-7-5-12(10-21)6-8-13/h1-8,15-16H,9,11H2,(H,22,24)(H,23,25). The van der Waals surface area contributed by atoms with Crippen LogP contribution in [-0.2, 0) is 9.59 Å². The van der Waals surface area contributed by atoms with Gasteiger partial charge in [0.1, 0.15) is 11.6 Å². The normalized spacial score (nSPS) is 17.7. The lowest BCUT2D eigenvalue weighted by molar-refractivity contribution is -0.130. The van der Waals surface area contributed by atoms with Crippen LogP contribution in [0.25, 0.3) is 0 Å². The summed E-state index contributed by atoms with van der Waals surface area (Å²) >= 11 is 0. The van der Waals surface area contributed by atoms with Gasteiger partial charge in [-0.3, -0.25) is 20.4 Å². The quantitative estimate of drug-likeness (QED) is 0.805. The second-order valence-electron chi connectivity index (χ2n) is 5.93. The van der Waals surface area contributed by atoms with Crippen molar-refractivity contribution >= 4 is 11.8 Å². The van der Waals surface area contributed by atoms with Crippen LogP contribution in [0.4, 0.5) is 4.39 Å². The number of carbonyl (C=O) groups excluding carboxylic acids is 2. The molecule has 2 N–H and O–H groups in total. The number of hydrogen-bond acceptors (Lipinski definition) is 4. The minimum Gasteiger partial charge on any atom is -0.484 e. The van der Waals surface area contributed by atoms with Crippen LogP contribution in [0.5, 0.6) is 5.75 Å². The number of ether oxygens (including phenoxy) is 1. The van der Waals surface area contributed by atoms with Gasteiger partial charge >= 0.3 is 0 Å². The Kier molecular flexibility index (Phi) is 5.13. The first-order valence-electron chi connectivity index (χ1n) is 8.04. The molecule has 2 atom stereocenters. The van der Waals surface area contributed by atoms with Crippen LogP contribution < -0.4 is 15.6 Å². The van der Waals surface area contributed by atoms with Crippen molar-refractivity contribution in [3.8, 4) is 11.8 Å². The summed E-state index contributed by atoms with van der Waals surface area (Å²) < 4.78 is 19.0. The molecule has 2 aromatic rings. The minimum atomic E-state index is -0.522. The molecule has 6 nitrogen and oxygen atoms in total. The van der Waals surface area contributed by atoms with Gasteiger partial charge in [-0.05, 0) is 48.2 Å². The van der Waals surface area contributed by atoms with Gasteiger partial charge < -0.3 is 4.74 Å². The monoisotopic (exact) mass is 353 g/mol. The first-order chi connectivity index (χ1) is 12.6. The first kappa shape index (κ1) is 17.4. The van der Waals surface area contributed by atoms with E-state index in [1.807, 2.05) is 6.07 Å². The molecule has 2 unspecified atom stereocenters. The smallest absolute Gasteiger partial charge is 0.276 e. The highest BCUT2D eigenvalue weighted by atomic mass is 19.1. The van der Waals surface area contributed by atoms with Gasteiger partial charge in [0.05, 0.1) is 11.6 Å². The number of carbonyl (C=O) groups is 2. The zero-order valence-corrected chi connectivity index (χ0v) is 13.7. The average Bonchev–Trinajstić information content (AvgIpc) is 3.46. The third kappa shape index (κ3) is 4.16. The molecule has 0 aliphatic heterocycles. The molecule has 132 valence electrons. The molecule has 0 bridgehead atoms. The van der Waals surface area contributed by atoms with Gasteiger partial charge in [0.25, 0.3) is 5.91 Å². The predicted octanol–water partition coefficient (Wildman–Crippen LogP) is 2.03. The van der Waals surface area contributed by atoms with Crippen molar-refractivity contribution in [2.24, 2.45) is 5.92 Å². The maximum atomic E-state index is 13.7. The summed E-state index contributed by atoms with van der Waals surface area (Å²) in [5.74, 6) is -1.29. The number of nitriles is 1. The molecule has 1 aliphatic carbocycles. The van der Waals surface area contributed by atoms with Crippen molar-refractivity contribution in [1.82, 2.24) is 10.9 Å².